The Morgan fingerprint density at radius 2 is 2.23 bits per heavy atom. The molecule has 0 aromatic rings. The quantitative estimate of drug-likeness (QED) is 0.536. The van der Waals surface area contributed by atoms with Crippen molar-refractivity contribution in [3.05, 3.63) is 0 Å². The van der Waals surface area contributed by atoms with Crippen LogP contribution in [0.5, 0.6) is 0 Å². The summed E-state index contributed by atoms with van der Waals surface area (Å²) in [5, 5.41) is 0. The van der Waals surface area contributed by atoms with Crippen LogP contribution in [0, 0.1) is 0 Å². The van der Waals surface area contributed by atoms with Gasteiger partial charge in [0.2, 0.25) is 0 Å². The topological polar surface area (TPSA) is 63.7 Å². The molecule has 1 amide bonds. The summed E-state index contributed by atoms with van der Waals surface area (Å²) in [4.78, 5) is 34.0. The van der Waals surface area contributed by atoms with Crippen molar-refractivity contribution in [2.45, 2.75) is 13.3 Å². The van der Waals surface area contributed by atoms with Crippen LogP contribution >= 0.6 is 0 Å². The zero-order chi connectivity index (χ0) is 9.84. The summed E-state index contributed by atoms with van der Waals surface area (Å²) in [5.74, 6) is -0.789. The average molecular weight is 185 g/mol. The third-order valence-corrected chi connectivity index (χ3v) is 1.71. The van der Waals surface area contributed by atoms with Crippen LogP contribution in [-0.4, -0.2) is 42.3 Å². The number of ether oxygens (including phenoxy) is 1. The number of hydrogen-bond donors (Lipinski definition) is 0. The molecule has 13 heavy (non-hydrogen) atoms. The van der Waals surface area contributed by atoms with E-state index in [1.807, 2.05) is 0 Å². The summed E-state index contributed by atoms with van der Waals surface area (Å²) >= 11 is 0. The van der Waals surface area contributed by atoms with Crippen molar-refractivity contribution < 1.29 is 19.1 Å². The predicted molar refractivity (Wildman–Crippen MR) is 42.8 cm³/mol. The van der Waals surface area contributed by atoms with Crippen LogP contribution in [0.15, 0.2) is 0 Å². The van der Waals surface area contributed by atoms with E-state index >= 15 is 0 Å². The minimum absolute atomic E-state index is 0.0650. The molecule has 0 atom stereocenters. The molecule has 0 saturated carbocycles. The number of esters is 1. The van der Waals surface area contributed by atoms with Gasteiger partial charge in [-0.25, -0.2) is 0 Å². The zero-order valence-corrected chi connectivity index (χ0v) is 7.41. The number of carbonyl (C=O) groups is 3. The van der Waals surface area contributed by atoms with E-state index in [4.69, 9.17) is 0 Å². The first-order chi connectivity index (χ1) is 6.09. The molecule has 1 saturated heterocycles. The second-order valence-corrected chi connectivity index (χ2v) is 2.93. The van der Waals surface area contributed by atoms with Gasteiger partial charge in [-0.15, -0.1) is 0 Å². The maximum absolute atomic E-state index is 11.2. The van der Waals surface area contributed by atoms with E-state index in [2.05, 4.69) is 4.74 Å². The van der Waals surface area contributed by atoms with E-state index < -0.39 is 0 Å². The third-order valence-electron chi connectivity index (χ3n) is 1.71. The molecule has 0 aliphatic carbocycles. The normalized spacial score (nSPS) is 18.1. The lowest BCUT2D eigenvalue weighted by Gasteiger charge is -2.16. The van der Waals surface area contributed by atoms with Crippen molar-refractivity contribution in [3.8, 4) is 0 Å². The fourth-order valence-electron chi connectivity index (χ4n) is 1.09. The minimum atomic E-state index is -0.389. The minimum Gasteiger partial charge on any atom is -0.456 e. The molecule has 1 fully saturated rings. The van der Waals surface area contributed by atoms with Crippen molar-refractivity contribution >= 4 is 17.7 Å². The molecule has 1 aliphatic rings. The molecule has 0 N–H and O–H groups in total. The molecule has 1 aliphatic heterocycles. The second kappa shape index (κ2) is 4.02. The highest BCUT2D eigenvalue weighted by atomic mass is 16.5. The van der Waals surface area contributed by atoms with Gasteiger partial charge in [-0.3, -0.25) is 14.4 Å². The maximum atomic E-state index is 11.2. The Kier molecular flexibility index (Phi) is 3.00. The number of amides is 1. The van der Waals surface area contributed by atoms with Crippen molar-refractivity contribution in [2.24, 2.45) is 0 Å². The third kappa shape index (κ3) is 2.85. The molecule has 0 radical (unpaired) electrons. The molecule has 0 bridgehead atoms. The molecule has 1 heterocycles. The average Bonchev–Trinajstić information content (AvgIpc) is 2.19. The zero-order valence-electron chi connectivity index (χ0n) is 7.41. The molecule has 5 nitrogen and oxygen atoms in total. The van der Waals surface area contributed by atoms with E-state index in [0.717, 1.165) is 0 Å². The number of rotatable bonds is 2. The van der Waals surface area contributed by atoms with E-state index in [1.165, 1.54) is 11.8 Å². The van der Waals surface area contributed by atoms with Gasteiger partial charge in [0.1, 0.15) is 5.78 Å². The van der Waals surface area contributed by atoms with Crippen molar-refractivity contribution in [2.75, 3.05) is 19.7 Å². The van der Waals surface area contributed by atoms with Gasteiger partial charge in [0, 0.05) is 6.54 Å². The van der Waals surface area contributed by atoms with Crippen molar-refractivity contribution in [1.29, 1.82) is 0 Å². The van der Waals surface area contributed by atoms with E-state index in [0.29, 0.717) is 0 Å². The van der Waals surface area contributed by atoms with Gasteiger partial charge in [0.15, 0.2) is 6.61 Å². The highest BCUT2D eigenvalue weighted by Crippen LogP contribution is 2.01. The Morgan fingerprint density at radius 1 is 1.54 bits per heavy atom. The first-order valence-electron chi connectivity index (χ1n) is 4.02. The first kappa shape index (κ1) is 9.70. The first-order valence-corrected chi connectivity index (χ1v) is 4.02. The maximum Gasteiger partial charge on any atom is 0.308 e. The number of nitrogens with zero attached hydrogens (tertiary/aromatic N) is 1. The molecule has 72 valence electrons. The Bertz CT molecular complexity index is 249. The fraction of sp³-hybridized carbons (Fsp3) is 0.625. The fourth-order valence-corrected chi connectivity index (χ4v) is 1.09. The lowest BCUT2D eigenvalue weighted by atomic mass is 10.3. The van der Waals surface area contributed by atoms with Crippen LogP contribution < -0.4 is 0 Å². The van der Waals surface area contributed by atoms with Crippen LogP contribution in [0.25, 0.3) is 0 Å². The molecular formula is C8H11NO4. The molecule has 0 aromatic carbocycles. The van der Waals surface area contributed by atoms with Gasteiger partial charge in [0.25, 0.3) is 5.91 Å². The van der Waals surface area contributed by atoms with Crippen molar-refractivity contribution in [1.82, 2.24) is 4.90 Å². The second-order valence-electron chi connectivity index (χ2n) is 2.93. The highest BCUT2D eigenvalue weighted by molar-refractivity contribution is 5.87. The van der Waals surface area contributed by atoms with E-state index in [-0.39, 0.29) is 43.8 Å². The van der Waals surface area contributed by atoms with Gasteiger partial charge in [-0.05, 0) is 6.92 Å². The summed E-state index contributed by atoms with van der Waals surface area (Å²) in [5.41, 5.74) is 0. The molecule has 0 aromatic heterocycles. The highest BCUT2D eigenvalue weighted by Gasteiger charge is 2.21. The monoisotopic (exact) mass is 185 g/mol. The molecule has 5 heteroatoms. The van der Waals surface area contributed by atoms with E-state index in [9.17, 15) is 14.4 Å². The van der Waals surface area contributed by atoms with Crippen LogP contribution in [0.2, 0.25) is 0 Å². The van der Waals surface area contributed by atoms with E-state index in [1.54, 1.807) is 0 Å². The molecule has 0 spiro atoms. The molecule has 1 rings (SSSR count). The smallest absolute Gasteiger partial charge is 0.308 e. The SMILES string of the molecule is CC(=O)CN1CCC(=O)OCC1=O. The van der Waals surface area contributed by atoms with Crippen molar-refractivity contribution in [3.63, 3.8) is 0 Å². The summed E-state index contributed by atoms with van der Waals surface area (Å²) in [6.45, 7) is 1.50. The Labute approximate surface area is 75.6 Å². The lowest BCUT2D eigenvalue weighted by Crippen LogP contribution is -2.36. The molecular weight excluding hydrogens is 174 g/mol. The Morgan fingerprint density at radius 3 is 2.85 bits per heavy atom. The number of carbonyl (C=O) groups excluding carboxylic acids is 3. The van der Waals surface area contributed by atoms with Gasteiger partial charge in [-0.1, -0.05) is 0 Å². The summed E-state index contributed by atoms with van der Waals surface area (Å²) in [6.07, 6.45) is 0.166. The van der Waals surface area contributed by atoms with Gasteiger partial charge >= 0.3 is 5.97 Å². The Balaban J connectivity index is 2.57. The number of hydrogen-bond acceptors (Lipinski definition) is 4. The van der Waals surface area contributed by atoms with Crippen LogP contribution in [0.4, 0.5) is 0 Å². The number of ketones is 1. The summed E-state index contributed by atoms with van der Waals surface area (Å²) in [6, 6.07) is 0. The predicted octanol–water partition coefficient (Wildman–Crippen LogP) is -0.649. The largest absolute Gasteiger partial charge is 0.456 e. The van der Waals surface area contributed by atoms with Crippen LogP contribution in [-0.2, 0) is 19.1 Å². The number of cyclic esters (lactones) is 1. The summed E-state index contributed by atoms with van der Waals surface area (Å²) < 4.78 is 4.59. The van der Waals surface area contributed by atoms with Gasteiger partial charge in [-0.2, -0.15) is 0 Å². The summed E-state index contributed by atoms with van der Waals surface area (Å²) in [7, 11) is 0. The van der Waals surface area contributed by atoms with Crippen LogP contribution in [0.1, 0.15) is 13.3 Å². The standard InChI is InChI=1S/C8H11NO4/c1-6(10)4-9-3-2-8(12)13-5-7(9)11/h2-5H2,1H3. The Hall–Kier alpha value is -1.39. The number of Topliss-reactive ketones (excluding diaryl/α,β-unsaturated/α-hetero) is 1. The molecule has 0 unspecified atom stereocenters. The van der Waals surface area contributed by atoms with Gasteiger partial charge < -0.3 is 9.64 Å². The van der Waals surface area contributed by atoms with Crippen LogP contribution in [0.3, 0.4) is 0 Å². The van der Waals surface area contributed by atoms with Gasteiger partial charge in [0.05, 0.1) is 13.0 Å². The lowest BCUT2D eigenvalue weighted by molar-refractivity contribution is -0.147.